The van der Waals surface area contributed by atoms with Crippen molar-refractivity contribution in [2.24, 2.45) is 0 Å². The van der Waals surface area contributed by atoms with Gasteiger partial charge in [-0.25, -0.2) is 8.42 Å². The predicted octanol–water partition coefficient (Wildman–Crippen LogP) is 0.513. The zero-order valence-corrected chi connectivity index (χ0v) is 12.1. The number of rotatable bonds is 8. The number of hydrogen-bond donors (Lipinski definition) is 2. The molecule has 0 aromatic heterocycles. The summed E-state index contributed by atoms with van der Waals surface area (Å²) in [4.78, 5) is 0. The van der Waals surface area contributed by atoms with Gasteiger partial charge in [0, 0.05) is 29.3 Å². The molecular formula is C10H23NO3S2. The van der Waals surface area contributed by atoms with Gasteiger partial charge in [0.1, 0.15) is 9.84 Å². The van der Waals surface area contributed by atoms with Crippen molar-refractivity contribution < 1.29 is 13.5 Å². The van der Waals surface area contributed by atoms with E-state index in [-0.39, 0.29) is 17.9 Å². The zero-order valence-electron chi connectivity index (χ0n) is 10.5. The zero-order chi connectivity index (χ0) is 12.8. The van der Waals surface area contributed by atoms with Crippen LogP contribution in [0.4, 0.5) is 0 Å². The Morgan fingerprint density at radius 2 is 2.00 bits per heavy atom. The van der Waals surface area contributed by atoms with Crippen LogP contribution in [-0.2, 0) is 9.84 Å². The van der Waals surface area contributed by atoms with E-state index in [1.165, 1.54) is 6.26 Å². The fraction of sp³-hybridized carbons (Fsp3) is 1.00. The Bertz CT molecular complexity index is 290. The first-order valence-corrected chi connectivity index (χ1v) is 8.54. The third-order valence-corrected chi connectivity index (χ3v) is 4.54. The summed E-state index contributed by atoms with van der Waals surface area (Å²) in [5.41, 5.74) is -0.337. The molecule has 2 N–H and O–H groups in total. The average Bonchev–Trinajstić information content (AvgIpc) is 2.10. The molecule has 6 heteroatoms. The van der Waals surface area contributed by atoms with E-state index in [9.17, 15) is 13.5 Å². The third-order valence-electron chi connectivity index (χ3n) is 2.01. The van der Waals surface area contributed by atoms with Crippen LogP contribution < -0.4 is 5.32 Å². The summed E-state index contributed by atoms with van der Waals surface area (Å²) in [7, 11) is -2.88. The van der Waals surface area contributed by atoms with Crippen LogP contribution in [0.2, 0.25) is 0 Å². The van der Waals surface area contributed by atoms with Gasteiger partial charge in [0.05, 0.1) is 12.4 Å². The predicted molar refractivity (Wildman–Crippen MR) is 70.8 cm³/mol. The Balaban J connectivity index is 3.96. The van der Waals surface area contributed by atoms with E-state index in [0.29, 0.717) is 17.5 Å². The summed E-state index contributed by atoms with van der Waals surface area (Å²) in [5, 5.41) is 12.6. The quantitative estimate of drug-likeness (QED) is 0.629. The van der Waals surface area contributed by atoms with Crippen molar-refractivity contribution in [2.75, 3.05) is 30.1 Å². The first-order valence-electron chi connectivity index (χ1n) is 5.32. The molecule has 0 heterocycles. The minimum atomic E-state index is -2.88. The van der Waals surface area contributed by atoms with E-state index in [1.807, 2.05) is 20.8 Å². The molecule has 0 bridgehead atoms. The number of hydrogen-bond acceptors (Lipinski definition) is 5. The Morgan fingerprint density at radius 3 is 2.38 bits per heavy atom. The van der Waals surface area contributed by atoms with Gasteiger partial charge in [-0.05, 0) is 6.92 Å². The van der Waals surface area contributed by atoms with Crippen LogP contribution in [0.15, 0.2) is 0 Å². The van der Waals surface area contributed by atoms with Crippen molar-refractivity contribution >= 4 is 21.6 Å². The number of aliphatic hydroxyl groups is 1. The van der Waals surface area contributed by atoms with Gasteiger partial charge in [-0.15, -0.1) is 0 Å². The summed E-state index contributed by atoms with van der Waals surface area (Å²) in [5.74, 6) is 1.48. The average molecular weight is 269 g/mol. The SMILES string of the molecule is CC(C)NC(C)(CO)CSCCS(C)(=O)=O. The molecule has 0 aliphatic rings. The molecule has 0 saturated heterocycles. The Kier molecular flexibility index (Phi) is 6.93. The lowest BCUT2D eigenvalue weighted by atomic mass is 10.1. The van der Waals surface area contributed by atoms with Gasteiger partial charge in [0.2, 0.25) is 0 Å². The number of aliphatic hydroxyl groups excluding tert-OH is 1. The molecule has 0 aliphatic heterocycles. The van der Waals surface area contributed by atoms with Gasteiger partial charge in [0.15, 0.2) is 0 Å². The molecule has 0 aromatic rings. The highest BCUT2D eigenvalue weighted by atomic mass is 32.2. The molecule has 1 unspecified atom stereocenters. The highest BCUT2D eigenvalue weighted by molar-refractivity contribution is 8.00. The van der Waals surface area contributed by atoms with Crippen molar-refractivity contribution in [1.82, 2.24) is 5.32 Å². The highest BCUT2D eigenvalue weighted by Gasteiger charge is 2.23. The topological polar surface area (TPSA) is 66.4 Å². The van der Waals surface area contributed by atoms with E-state index in [1.54, 1.807) is 11.8 Å². The number of nitrogens with one attached hydrogen (secondary N) is 1. The summed E-state index contributed by atoms with van der Waals surface area (Å²) in [6.45, 7) is 6.04. The molecule has 0 amide bonds. The van der Waals surface area contributed by atoms with Crippen LogP contribution in [0.5, 0.6) is 0 Å². The molecule has 0 radical (unpaired) electrons. The second kappa shape index (κ2) is 6.83. The molecule has 0 fully saturated rings. The maximum atomic E-state index is 10.9. The molecule has 0 saturated carbocycles. The van der Waals surface area contributed by atoms with E-state index in [2.05, 4.69) is 5.32 Å². The van der Waals surface area contributed by atoms with Gasteiger partial charge in [-0.3, -0.25) is 0 Å². The van der Waals surface area contributed by atoms with Gasteiger partial charge < -0.3 is 10.4 Å². The van der Waals surface area contributed by atoms with Crippen molar-refractivity contribution in [3.63, 3.8) is 0 Å². The molecular weight excluding hydrogens is 246 g/mol. The Labute approximate surface area is 103 Å². The van der Waals surface area contributed by atoms with E-state index >= 15 is 0 Å². The second-order valence-electron chi connectivity index (χ2n) is 4.70. The molecule has 0 aliphatic carbocycles. The third kappa shape index (κ3) is 8.38. The number of thioether (sulfide) groups is 1. The van der Waals surface area contributed by atoms with Gasteiger partial charge in [0.25, 0.3) is 0 Å². The molecule has 1 atom stereocenters. The van der Waals surface area contributed by atoms with E-state index < -0.39 is 9.84 Å². The maximum Gasteiger partial charge on any atom is 0.148 e. The van der Waals surface area contributed by atoms with Crippen LogP contribution >= 0.6 is 11.8 Å². The molecule has 0 rings (SSSR count). The fourth-order valence-electron chi connectivity index (χ4n) is 1.34. The van der Waals surface area contributed by atoms with Crippen molar-refractivity contribution in [2.45, 2.75) is 32.4 Å². The first kappa shape index (κ1) is 16.2. The normalized spacial score (nSPS) is 16.4. The van der Waals surface area contributed by atoms with Crippen molar-refractivity contribution in [1.29, 1.82) is 0 Å². The van der Waals surface area contributed by atoms with Crippen LogP contribution in [0.1, 0.15) is 20.8 Å². The van der Waals surface area contributed by atoms with Crippen LogP contribution in [-0.4, -0.2) is 55.2 Å². The van der Waals surface area contributed by atoms with Crippen LogP contribution in [0.3, 0.4) is 0 Å². The van der Waals surface area contributed by atoms with Crippen molar-refractivity contribution in [3.8, 4) is 0 Å². The van der Waals surface area contributed by atoms with Crippen molar-refractivity contribution in [3.05, 3.63) is 0 Å². The molecule has 16 heavy (non-hydrogen) atoms. The molecule has 98 valence electrons. The largest absolute Gasteiger partial charge is 0.394 e. The van der Waals surface area contributed by atoms with Gasteiger partial charge >= 0.3 is 0 Å². The summed E-state index contributed by atoms with van der Waals surface area (Å²) >= 11 is 1.55. The molecule has 0 aromatic carbocycles. The first-order chi connectivity index (χ1) is 7.18. The molecule has 4 nitrogen and oxygen atoms in total. The van der Waals surface area contributed by atoms with Gasteiger partial charge in [-0.2, -0.15) is 11.8 Å². The van der Waals surface area contributed by atoms with Crippen LogP contribution in [0, 0.1) is 0 Å². The van der Waals surface area contributed by atoms with Gasteiger partial charge in [-0.1, -0.05) is 13.8 Å². The lowest BCUT2D eigenvalue weighted by Crippen LogP contribution is -2.51. The van der Waals surface area contributed by atoms with E-state index in [0.717, 1.165) is 0 Å². The minimum absolute atomic E-state index is 0.0526. The monoisotopic (exact) mass is 269 g/mol. The minimum Gasteiger partial charge on any atom is -0.394 e. The standard InChI is InChI=1S/C10H23NO3S2/c1-9(2)11-10(3,7-12)8-15-5-6-16(4,13)14/h9,11-12H,5-8H2,1-4H3. The summed E-state index contributed by atoms with van der Waals surface area (Å²) in [6.07, 6.45) is 1.24. The summed E-state index contributed by atoms with van der Waals surface area (Å²) < 4.78 is 21.8. The number of sulfone groups is 1. The van der Waals surface area contributed by atoms with E-state index in [4.69, 9.17) is 0 Å². The smallest absolute Gasteiger partial charge is 0.148 e. The summed E-state index contributed by atoms with van der Waals surface area (Å²) in [6, 6.07) is 0.299. The second-order valence-corrected chi connectivity index (χ2v) is 8.07. The molecule has 0 spiro atoms. The Hall–Kier alpha value is 0.220. The Morgan fingerprint density at radius 1 is 1.44 bits per heavy atom. The lowest BCUT2D eigenvalue weighted by Gasteiger charge is -2.30. The lowest BCUT2D eigenvalue weighted by molar-refractivity contribution is 0.183. The highest BCUT2D eigenvalue weighted by Crippen LogP contribution is 2.14. The van der Waals surface area contributed by atoms with Crippen LogP contribution in [0.25, 0.3) is 0 Å². The maximum absolute atomic E-state index is 10.9. The fourth-order valence-corrected chi connectivity index (χ4v) is 3.79.